The molecule has 0 aromatic rings. The van der Waals surface area contributed by atoms with Crippen LogP contribution in [-0.2, 0) is 4.74 Å². The average Bonchev–Trinajstić information content (AvgIpc) is 3.05. The quantitative estimate of drug-likeness (QED) is 0.346. The third kappa shape index (κ3) is 4.71. The van der Waals surface area contributed by atoms with Crippen molar-refractivity contribution in [1.82, 2.24) is 0 Å². The van der Waals surface area contributed by atoms with Crippen LogP contribution in [0, 0.1) is 11.8 Å². The number of ether oxygens (including phenoxy) is 1. The standard InChI is InChI=1S/C17H30OS2/c1-2-3-4-7-12-20-13-15-14(8-5-6-11-19)16-9-10-17(15)18-16/h5-6,14-17,19H,2-4,7-13H2,1H3/b6-5-/t14-,15+,16-,17+/m1/s1. The Hall–Kier alpha value is 0.400. The summed E-state index contributed by atoms with van der Waals surface area (Å²) in [5, 5.41) is 0. The number of hydrogen-bond donors (Lipinski definition) is 1. The second kappa shape index (κ2) is 9.42. The fourth-order valence-electron chi connectivity index (χ4n) is 3.61. The van der Waals surface area contributed by atoms with E-state index in [1.807, 2.05) is 0 Å². The van der Waals surface area contributed by atoms with Gasteiger partial charge in [0, 0.05) is 5.75 Å². The van der Waals surface area contributed by atoms with Crippen LogP contribution in [-0.4, -0.2) is 29.5 Å². The fourth-order valence-corrected chi connectivity index (χ4v) is 5.06. The largest absolute Gasteiger partial charge is 0.374 e. The van der Waals surface area contributed by atoms with E-state index in [1.165, 1.54) is 56.5 Å². The molecule has 0 radical (unpaired) electrons. The minimum atomic E-state index is 0.551. The monoisotopic (exact) mass is 314 g/mol. The van der Waals surface area contributed by atoms with Crippen molar-refractivity contribution in [3.05, 3.63) is 12.2 Å². The Morgan fingerprint density at radius 3 is 2.65 bits per heavy atom. The number of rotatable bonds is 10. The number of thioether (sulfide) groups is 1. The predicted molar refractivity (Wildman–Crippen MR) is 94.0 cm³/mol. The SMILES string of the molecule is CCCCCCSC[C@H]1[C@@H](C/C=C\CS)[C@H]2CC[C@@H]1O2. The Balaban J connectivity index is 1.69. The molecule has 0 saturated carbocycles. The van der Waals surface area contributed by atoms with Crippen molar-refractivity contribution in [2.24, 2.45) is 11.8 Å². The van der Waals surface area contributed by atoms with Crippen LogP contribution in [0.15, 0.2) is 12.2 Å². The highest BCUT2D eigenvalue weighted by molar-refractivity contribution is 7.99. The molecule has 1 nitrogen and oxygen atoms in total. The minimum absolute atomic E-state index is 0.551. The molecule has 0 amide bonds. The van der Waals surface area contributed by atoms with Crippen LogP contribution in [0.25, 0.3) is 0 Å². The lowest BCUT2D eigenvalue weighted by atomic mass is 9.78. The summed E-state index contributed by atoms with van der Waals surface area (Å²) in [6, 6.07) is 0. The molecule has 0 unspecified atom stereocenters. The van der Waals surface area contributed by atoms with Gasteiger partial charge in [0.2, 0.25) is 0 Å². The Morgan fingerprint density at radius 2 is 1.90 bits per heavy atom. The van der Waals surface area contributed by atoms with Gasteiger partial charge in [0.25, 0.3) is 0 Å². The van der Waals surface area contributed by atoms with Crippen molar-refractivity contribution >= 4 is 24.4 Å². The number of allylic oxidation sites excluding steroid dienone is 1. The number of hydrogen-bond acceptors (Lipinski definition) is 3. The second-order valence-electron chi connectivity index (χ2n) is 6.14. The van der Waals surface area contributed by atoms with E-state index in [1.54, 1.807) is 0 Å². The molecule has 4 atom stereocenters. The van der Waals surface area contributed by atoms with Crippen molar-refractivity contribution in [2.45, 2.75) is 64.1 Å². The van der Waals surface area contributed by atoms with E-state index in [0.717, 1.165) is 17.6 Å². The molecule has 2 rings (SSSR count). The first-order valence-electron chi connectivity index (χ1n) is 8.35. The fraction of sp³-hybridized carbons (Fsp3) is 0.882. The summed E-state index contributed by atoms with van der Waals surface area (Å²) >= 11 is 6.41. The van der Waals surface area contributed by atoms with Gasteiger partial charge in [-0.05, 0) is 49.0 Å². The van der Waals surface area contributed by atoms with Gasteiger partial charge in [0.1, 0.15) is 0 Å². The number of unbranched alkanes of at least 4 members (excludes halogenated alkanes) is 3. The highest BCUT2D eigenvalue weighted by atomic mass is 32.2. The lowest BCUT2D eigenvalue weighted by molar-refractivity contribution is 0.0888. The van der Waals surface area contributed by atoms with Gasteiger partial charge in [-0.3, -0.25) is 0 Å². The Labute approximate surface area is 134 Å². The maximum Gasteiger partial charge on any atom is 0.0619 e. The van der Waals surface area contributed by atoms with Crippen LogP contribution in [0.3, 0.4) is 0 Å². The molecule has 2 heterocycles. The van der Waals surface area contributed by atoms with Crippen LogP contribution in [0.4, 0.5) is 0 Å². The number of fused-ring (bicyclic) bond motifs is 2. The van der Waals surface area contributed by atoms with E-state index in [0.29, 0.717) is 12.2 Å². The first kappa shape index (κ1) is 16.8. The highest BCUT2D eigenvalue weighted by Gasteiger charge is 2.47. The van der Waals surface area contributed by atoms with Crippen molar-refractivity contribution in [2.75, 3.05) is 17.3 Å². The first-order valence-corrected chi connectivity index (χ1v) is 10.1. The molecule has 3 heteroatoms. The molecule has 0 aromatic heterocycles. The van der Waals surface area contributed by atoms with Gasteiger partial charge in [-0.25, -0.2) is 0 Å². The molecular weight excluding hydrogens is 284 g/mol. The van der Waals surface area contributed by atoms with Gasteiger partial charge < -0.3 is 4.74 Å². The predicted octanol–water partition coefficient (Wildman–Crippen LogP) is 4.97. The Morgan fingerprint density at radius 1 is 1.10 bits per heavy atom. The van der Waals surface area contributed by atoms with Crippen LogP contribution in [0.5, 0.6) is 0 Å². The smallest absolute Gasteiger partial charge is 0.0619 e. The molecule has 2 saturated heterocycles. The lowest BCUT2D eigenvalue weighted by Gasteiger charge is -2.27. The third-order valence-corrected chi connectivity index (χ3v) is 6.13. The normalized spacial score (nSPS) is 32.5. The average molecular weight is 315 g/mol. The van der Waals surface area contributed by atoms with Gasteiger partial charge in [-0.2, -0.15) is 24.4 Å². The molecule has 0 aromatic carbocycles. The van der Waals surface area contributed by atoms with E-state index in [-0.39, 0.29) is 0 Å². The third-order valence-electron chi connectivity index (χ3n) is 4.72. The van der Waals surface area contributed by atoms with Crippen LogP contribution in [0.1, 0.15) is 51.9 Å². The topological polar surface area (TPSA) is 9.23 Å². The first-order chi connectivity index (χ1) is 9.86. The molecule has 20 heavy (non-hydrogen) atoms. The Kier molecular flexibility index (Phi) is 7.90. The van der Waals surface area contributed by atoms with E-state index in [9.17, 15) is 0 Å². The zero-order valence-electron chi connectivity index (χ0n) is 12.8. The molecular formula is C17H30OS2. The van der Waals surface area contributed by atoms with Crippen LogP contribution < -0.4 is 0 Å². The molecule has 0 N–H and O–H groups in total. The molecule has 2 aliphatic rings. The molecule has 2 fully saturated rings. The minimum Gasteiger partial charge on any atom is -0.374 e. The zero-order chi connectivity index (χ0) is 14.2. The van der Waals surface area contributed by atoms with E-state index < -0.39 is 0 Å². The van der Waals surface area contributed by atoms with Crippen molar-refractivity contribution in [3.8, 4) is 0 Å². The van der Waals surface area contributed by atoms with Crippen molar-refractivity contribution in [3.63, 3.8) is 0 Å². The van der Waals surface area contributed by atoms with Crippen LogP contribution >= 0.6 is 24.4 Å². The van der Waals surface area contributed by atoms with Gasteiger partial charge >= 0.3 is 0 Å². The van der Waals surface area contributed by atoms with E-state index in [4.69, 9.17) is 4.74 Å². The van der Waals surface area contributed by atoms with Crippen molar-refractivity contribution < 1.29 is 4.74 Å². The molecule has 0 aliphatic carbocycles. The summed E-state index contributed by atoms with van der Waals surface area (Å²) in [5.41, 5.74) is 0. The molecule has 2 bridgehead atoms. The molecule has 0 spiro atoms. The van der Waals surface area contributed by atoms with Gasteiger partial charge in [-0.15, -0.1) is 0 Å². The molecule has 2 aliphatic heterocycles. The summed E-state index contributed by atoms with van der Waals surface area (Å²) in [5.74, 6) is 5.08. The Bertz CT molecular complexity index is 293. The summed E-state index contributed by atoms with van der Waals surface area (Å²) in [4.78, 5) is 0. The lowest BCUT2D eigenvalue weighted by Crippen LogP contribution is -2.28. The van der Waals surface area contributed by atoms with Gasteiger partial charge in [0.05, 0.1) is 12.2 Å². The summed E-state index contributed by atoms with van der Waals surface area (Å²) in [7, 11) is 0. The molecule has 116 valence electrons. The second-order valence-corrected chi connectivity index (χ2v) is 7.66. The van der Waals surface area contributed by atoms with E-state index in [2.05, 4.69) is 43.5 Å². The maximum atomic E-state index is 6.16. The summed E-state index contributed by atoms with van der Waals surface area (Å²) in [6.45, 7) is 2.28. The van der Waals surface area contributed by atoms with Gasteiger partial charge in [-0.1, -0.05) is 38.3 Å². The van der Waals surface area contributed by atoms with Gasteiger partial charge in [0.15, 0.2) is 0 Å². The maximum absolute atomic E-state index is 6.16. The van der Waals surface area contributed by atoms with E-state index >= 15 is 0 Å². The van der Waals surface area contributed by atoms with Crippen molar-refractivity contribution in [1.29, 1.82) is 0 Å². The number of thiol groups is 1. The highest BCUT2D eigenvalue weighted by Crippen LogP contribution is 2.46. The zero-order valence-corrected chi connectivity index (χ0v) is 14.5. The summed E-state index contributed by atoms with van der Waals surface area (Å²) < 4.78 is 6.16. The van der Waals surface area contributed by atoms with Crippen LogP contribution in [0.2, 0.25) is 0 Å². The summed E-state index contributed by atoms with van der Waals surface area (Å²) in [6.07, 6.45) is 15.0.